The molecule has 1 aromatic heterocycles. The fraction of sp³-hybridized carbons (Fsp3) is 0.706. The van der Waals surface area contributed by atoms with Gasteiger partial charge in [-0.1, -0.05) is 20.8 Å². The normalized spacial score (nSPS) is 18.7. The highest BCUT2D eigenvalue weighted by Crippen LogP contribution is 2.38. The summed E-state index contributed by atoms with van der Waals surface area (Å²) < 4.78 is 1.05. The Morgan fingerprint density at radius 2 is 2.05 bits per heavy atom. The van der Waals surface area contributed by atoms with Gasteiger partial charge in [-0.25, -0.2) is 4.98 Å². The van der Waals surface area contributed by atoms with Crippen LogP contribution in [0.5, 0.6) is 0 Å². The Balaban J connectivity index is 2.13. The van der Waals surface area contributed by atoms with E-state index in [-0.39, 0.29) is 0 Å². The summed E-state index contributed by atoms with van der Waals surface area (Å²) in [6.07, 6.45) is 7.06. The van der Waals surface area contributed by atoms with Crippen molar-refractivity contribution in [1.29, 1.82) is 0 Å². The summed E-state index contributed by atoms with van der Waals surface area (Å²) in [6, 6.07) is 2.81. The minimum Gasteiger partial charge on any atom is -0.356 e. The largest absolute Gasteiger partial charge is 0.356 e. The molecule has 118 valence electrons. The van der Waals surface area contributed by atoms with Gasteiger partial charge in [-0.15, -0.1) is 0 Å². The molecule has 0 aromatic carbocycles. The summed E-state index contributed by atoms with van der Waals surface area (Å²) in [5, 5.41) is 3.42. The van der Waals surface area contributed by atoms with Gasteiger partial charge >= 0.3 is 0 Å². The van der Waals surface area contributed by atoms with Gasteiger partial charge in [0.05, 0.1) is 0 Å². The first-order chi connectivity index (χ1) is 9.93. The van der Waals surface area contributed by atoms with Gasteiger partial charge in [0, 0.05) is 35.9 Å². The molecule has 1 N–H and O–H groups in total. The van der Waals surface area contributed by atoms with Crippen molar-refractivity contribution in [2.45, 2.75) is 59.0 Å². The molecule has 0 atom stereocenters. The van der Waals surface area contributed by atoms with Gasteiger partial charge in [-0.05, 0) is 59.6 Å². The first-order valence-corrected chi connectivity index (χ1v) is 8.80. The maximum atomic E-state index is 4.68. The van der Waals surface area contributed by atoms with Crippen molar-refractivity contribution in [2.24, 2.45) is 5.41 Å². The van der Waals surface area contributed by atoms with Crippen LogP contribution in [-0.2, 0) is 6.54 Å². The van der Waals surface area contributed by atoms with E-state index in [0.29, 0.717) is 11.5 Å². The van der Waals surface area contributed by atoms with E-state index in [4.69, 9.17) is 0 Å². The quantitative estimate of drug-likeness (QED) is 0.852. The molecule has 0 radical (unpaired) electrons. The molecule has 1 aliphatic rings. The second kappa shape index (κ2) is 7.10. The molecule has 1 saturated carbocycles. The van der Waals surface area contributed by atoms with Gasteiger partial charge in [0.25, 0.3) is 0 Å². The number of hydrogen-bond donors (Lipinski definition) is 1. The summed E-state index contributed by atoms with van der Waals surface area (Å²) in [5.41, 5.74) is 1.79. The molecule has 21 heavy (non-hydrogen) atoms. The van der Waals surface area contributed by atoms with Crippen molar-refractivity contribution in [3.05, 3.63) is 22.3 Å². The lowest BCUT2D eigenvalue weighted by atomic mass is 9.75. The highest BCUT2D eigenvalue weighted by atomic mass is 79.9. The Labute approximate surface area is 137 Å². The van der Waals surface area contributed by atoms with Crippen LogP contribution in [0.3, 0.4) is 0 Å². The Hall–Kier alpha value is -0.610. The zero-order chi connectivity index (χ0) is 15.5. The van der Waals surface area contributed by atoms with E-state index < -0.39 is 0 Å². The van der Waals surface area contributed by atoms with E-state index in [1.165, 1.54) is 31.2 Å². The third-order valence-electron chi connectivity index (χ3n) is 4.67. The van der Waals surface area contributed by atoms with Crippen molar-refractivity contribution in [3.63, 3.8) is 0 Å². The minimum atomic E-state index is 0.511. The van der Waals surface area contributed by atoms with Crippen LogP contribution in [0.25, 0.3) is 0 Å². The molecule has 1 fully saturated rings. The molecule has 0 spiro atoms. The summed E-state index contributed by atoms with van der Waals surface area (Å²) in [6.45, 7) is 8.77. The minimum absolute atomic E-state index is 0.511. The lowest BCUT2D eigenvalue weighted by Gasteiger charge is -2.39. The monoisotopic (exact) mass is 353 g/mol. The average Bonchev–Trinajstić information content (AvgIpc) is 2.44. The number of aromatic nitrogens is 1. The molecular weight excluding hydrogens is 326 g/mol. The van der Waals surface area contributed by atoms with Crippen LogP contribution in [0.4, 0.5) is 5.82 Å². The molecule has 0 amide bonds. The first-order valence-electron chi connectivity index (χ1n) is 8.01. The van der Waals surface area contributed by atoms with E-state index in [0.717, 1.165) is 23.4 Å². The molecule has 3 nitrogen and oxygen atoms in total. The van der Waals surface area contributed by atoms with Crippen LogP contribution in [0.1, 0.15) is 52.0 Å². The summed E-state index contributed by atoms with van der Waals surface area (Å²) in [4.78, 5) is 7.08. The fourth-order valence-corrected chi connectivity index (χ4v) is 3.50. The van der Waals surface area contributed by atoms with Gasteiger partial charge < -0.3 is 10.2 Å². The smallest absolute Gasteiger partial charge is 0.133 e. The number of hydrogen-bond acceptors (Lipinski definition) is 3. The van der Waals surface area contributed by atoms with E-state index >= 15 is 0 Å². The Morgan fingerprint density at radius 1 is 1.38 bits per heavy atom. The molecule has 1 aromatic rings. The Morgan fingerprint density at radius 3 is 2.67 bits per heavy atom. The van der Waals surface area contributed by atoms with E-state index in [2.05, 4.69) is 65.0 Å². The van der Waals surface area contributed by atoms with Gasteiger partial charge in [0.1, 0.15) is 5.82 Å². The lowest BCUT2D eigenvalue weighted by Crippen LogP contribution is -2.38. The third-order valence-corrected chi connectivity index (χ3v) is 5.10. The first kappa shape index (κ1) is 16.8. The third kappa shape index (κ3) is 4.43. The standard InChI is InChI=1S/C17H28BrN3/c1-5-19-11-13-10-14(18)12-20-16(13)21(4)15-6-8-17(2,3)9-7-15/h10,12,15,19H,5-9,11H2,1-4H3. The van der Waals surface area contributed by atoms with Gasteiger partial charge in [0.2, 0.25) is 0 Å². The second-order valence-corrected chi connectivity index (χ2v) is 7.84. The van der Waals surface area contributed by atoms with Crippen LogP contribution in [0.15, 0.2) is 16.7 Å². The van der Waals surface area contributed by atoms with Gasteiger partial charge in [0.15, 0.2) is 0 Å². The molecule has 4 heteroatoms. The summed E-state index contributed by atoms with van der Waals surface area (Å²) in [5.74, 6) is 1.13. The van der Waals surface area contributed by atoms with Crippen LogP contribution in [0, 0.1) is 5.41 Å². The Bertz CT molecular complexity index is 463. The predicted molar refractivity (Wildman–Crippen MR) is 93.8 cm³/mol. The molecule has 2 rings (SSSR count). The topological polar surface area (TPSA) is 28.2 Å². The number of rotatable bonds is 5. The average molecular weight is 354 g/mol. The van der Waals surface area contributed by atoms with Crippen LogP contribution >= 0.6 is 15.9 Å². The molecule has 0 bridgehead atoms. The van der Waals surface area contributed by atoms with E-state index in [9.17, 15) is 0 Å². The maximum Gasteiger partial charge on any atom is 0.133 e. The SMILES string of the molecule is CCNCc1cc(Br)cnc1N(C)C1CCC(C)(C)CC1. The highest BCUT2D eigenvalue weighted by Gasteiger charge is 2.29. The Kier molecular flexibility index (Phi) is 5.67. The number of anilines is 1. The van der Waals surface area contributed by atoms with Gasteiger partial charge in [-0.2, -0.15) is 0 Å². The lowest BCUT2D eigenvalue weighted by molar-refractivity contribution is 0.222. The molecule has 0 saturated heterocycles. The van der Waals surface area contributed by atoms with E-state index in [1.54, 1.807) is 0 Å². The predicted octanol–water partition coefficient (Wildman–Crippen LogP) is 4.36. The van der Waals surface area contributed by atoms with Crippen LogP contribution in [-0.4, -0.2) is 24.6 Å². The van der Waals surface area contributed by atoms with Crippen molar-refractivity contribution >= 4 is 21.7 Å². The highest BCUT2D eigenvalue weighted by molar-refractivity contribution is 9.10. The van der Waals surface area contributed by atoms with Crippen LogP contribution < -0.4 is 10.2 Å². The number of halogens is 1. The van der Waals surface area contributed by atoms with Crippen molar-refractivity contribution in [1.82, 2.24) is 10.3 Å². The van der Waals surface area contributed by atoms with Crippen molar-refractivity contribution in [3.8, 4) is 0 Å². The summed E-state index contributed by atoms with van der Waals surface area (Å²) in [7, 11) is 2.20. The fourth-order valence-electron chi connectivity index (χ4n) is 3.13. The molecule has 1 aliphatic carbocycles. The molecule has 0 unspecified atom stereocenters. The summed E-state index contributed by atoms with van der Waals surface area (Å²) >= 11 is 3.54. The van der Waals surface area contributed by atoms with E-state index in [1.807, 2.05) is 6.20 Å². The van der Waals surface area contributed by atoms with Gasteiger partial charge in [-0.3, -0.25) is 0 Å². The maximum absolute atomic E-state index is 4.68. The van der Waals surface area contributed by atoms with Crippen LogP contribution in [0.2, 0.25) is 0 Å². The van der Waals surface area contributed by atoms with Crippen molar-refractivity contribution < 1.29 is 0 Å². The molecule has 1 heterocycles. The number of nitrogens with zero attached hydrogens (tertiary/aromatic N) is 2. The zero-order valence-electron chi connectivity index (χ0n) is 13.7. The van der Waals surface area contributed by atoms with Crippen molar-refractivity contribution in [2.75, 3.05) is 18.5 Å². The zero-order valence-corrected chi connectivity index (χ0v) is 15.3. The number of nitrogens with one attached hydrogen (secondary N) is 1. The molecular formula is C17H28BrN3. The number of pyridine rings is 1. The second-order valence-electron chi connectivity index (χ2n) is 6.92. The molecule has 0 aliphatic heterocycles.